The van der Waals surface area contributed by atoms with Gasteiger partial charge in [0.2, 0.25) is 0 Å². The Morgan fingerprint density at radius 2 is 1.69 bits per heavy atom. The summed E-state index contributed by atoms with van der Waals surface area (Å²) in [4.78, 5) is 5.54. The van der Waals surface area contributed by atoms with Gasteiger partial charge in [-0.25, -0.2) is 4.39 Å². The zero-order chi connectivity index (χ0) is 22.5. The Labute approximate surface area is 187 Å². The third-order valence-electron chi connectivity index (χ3n) is 5.35. The SMILES string of the molecule is COc1ccccc1-n1c(-c2ccccc2)cc(/C(C)=N\OCc2cccc(F)c2)c1C. The quantitative estimate of drug-likeness (QED) is 0.247. The molecule has 5 heteroatoms. The second-order valence-electron chi connectivity index (χ2n) is 7.48. The maximum absolute atomic E-state index is 13.4. The van der Waals surface area contributed by atoms with Gasteiger partial charge in [-0.15, -0.1) is 0 Å². The summed E-state index contributed by atoms with van der Waals surface area (Å²) in [5, 5.41) is 4.31. The summed E-state index contributed by atoms with van der Waals surface area (Å²) < 4.78 is 21.2. The number of benzene rings is 3. The lowest BCUT2D eigenvalue weighted by molar-refractivity contribution is 0.130. The highest BCUT2D eigenvalue weighted by Crippen LogP contribution is 2.33. The molecule has 0 saturated heterocycles. The lowest BCUT2D eigenvalue weighted by atomic mass is 10.1. The number of rotatable bonds is 7. The molecule has 0 bridgehead atoms. The summed E-state index contributed by atoms with van der Waals surface area (Å²) in [7, 11) is 1.67. The van der Waals surface area contributed by atoms with Gasteiger partial charge >= 0.3 is 0 Å². The predicted molar refractivity (Wildman–Crippen MR) is 126 cm³/mol. The van der Waals surface area contributed by atoms with Crippen molar-refractivity contribution in [3.8, 4) is 22.7 Å². The molecule has 4 aromatic rings. The minimum atomic E-state index is -0.288. The van der Waals surface area contributed by atoms with Crippen LogP contribution in [0.4, 0.5) is 4.39 Å². The minimum Gasteiger partial charge on any atom is -0.495 e. The summed E-state index contributed by atoms with van der Waals surface area (Å²) in [5.74, 6) is 0.496. The molecule has 0 fully saturated rings. The average Bonchev–Trinajstić information content (AvgIpc) is 3.16. The van der Waals surface area contributed by atoms with E-state index in [-0.39, 0.29) is 12.4 Å². The van der Waals surface area contributed by atoms with Crippen molar-refractivity contribution in [1.82, 2.24) is 4.57 Å². The average molecular weight is 429 g/mol. The van der Waals surface area contributed by atoms with Crippen LogP contribution < -0.4 is 4.74 Å². The smallest absolute Gasteiger partial charge is 0.142 e. The van der Waals surface area contributed by atoms with Crippen molar-refractivity contribution < 1.29 is 14.0 Å². The van der Waals surface area contributed by atoms with Crippen LogP contribution in [0.3, 0.4) is 0 Å². The van der Waals surface area contributed by atoms with E-state index in [4.69, 9.17) is 9.57 Å². The van der Waals surface area contributed by atoms with E-state index in [1.54, 1.807) is 13.2 Å². The first kappa shape index (κ1) is 21.4. The van der Waals surface area contributed by atoms with E-state index in [0.717, 1.165) is 45.2 Å². The van der Waals surface area contributed by atoms with Crippen molar-refractivity contribution in [1.29, 1.82) is 0 Å². The molecular formula is C27H25FN2O2. The van der Waals surface area contributed by atoms with Crippen LogP contribution >= 0.6 is 0 Å². The van der Waals surface area contributed by atoms with Gasteiger partial charge in [-0.1, -0.05) is 59.8 Å². The van der Waals surface area contributed by atoms with Gasteiger partial charge in [0.15, 0.2) is 0 Å². The zero-order valence-corrected chi connectivity index (χ0v) is 18.4. The van der Waals surface area contributed by atoms with E-state index in [1.807, 2.05) is 55.5 Å². The lowest BCUT2D eigenvalue weighted by Crippen LogP contribution is -2.04. The Balaban J connectivity index is 1.74. The molecule has 0 aliphatic heterocycles. The molecule has 1 heterocycles. The van der Waals surface area contributed by atoms with Crippen LogP contribution in [-0.2, 0) is 11.4 Å². The summed E-state index contributed by atoms with van der Waals surface area (Å²) >= 11 is 0. The van der Waals surface area contributed by atoms with Gasteiger partial charge in [-0.05, 0) is 55.3 Å². The highest BCUT2D eigenvalue weighted by atomic mass is 19.1. The van der Waals surface area contributed by atoms with Crippen LogP contribution in [0.15, 0.2) is 90.1 Å². The molecule has 0 aliphatic rings. The van der Waals surface area contributed by atoms with Gasteiger partial charge in [0.05, 0.1) is 24.2 Å². The van der Waals surface area contributed by atoms with Gasteiger partial charge in [0.25, 0.3) is 0 Å². The summed E-state index contributed by atoms with van der Waals surface area (Å²) in [6, 6.07) is 26.6. The van der Waals surface area contributed by atoms with E-state index in [0.29, 0.717) is 0 Å². The van der Waals surface area contributed by atoms with Crippen LogP contribution in [0.5, 0.6) is 5.75 Å². The number of nitrogens with zero attached hydrogens (tertiary/aromatic N) is 2. The fourth-order valence-electron chi connectivity index (χ4n) is 3.80. The van der Waals surface area contributed by atoms with Gasteiger partial charge in [0, 0.05) is 11.3 Å². The first-order valence-electron chi connectivity index (χ1n) is 10.4. The third kappa shape index (κ3) is 4.42. The third-order valence-corrected chi connectivity index (χ3v) is 5.35. The van der Waals surface area contributed by atoms with E-state index in [1.165, 1.54) is 12.1 Å². The molecule has 1 aromatic heterocycles. The Kier molecular flexibility index (Phi) is 6.36. The van der Waals surface area contributed by atoms with Crippen LogP contribution in [-0.4, -0.2) is 17.4 Å². The number of aromatic nitrogens is 1. The van der Waals surface area contributed by atoms with Gasteiger partial charge in [-0.2, -0.15) is 0 Å². The van der Waals surface area contributed by atoms with Crippen molar-refractivity contribution in [2.45, 2.75) is 20.5 Å². The van der Waals surface area contributed by atoms with Crippen molar-refractivity contribution in [3.63, 3.8) is 0 Å². The molecular weight excluding hydrogens is 403 g/mol. The van der Waals surface area contributed by atoms with Crippen LogP contribution in [0.2, 0.25) is 0 Å². The number of halogens is 1. The van der Waals surface area contributed by atoms with E-state index < -0.39 is 0 Å². The molecule has 32 heavy (non-hydrogen) atoms. The molecule has 0 unspecified atom stereocenters. The largest absolute Gasteiger partial charge is 0.495 e. The molecule has 0 radical (unpaired) electrons. The first-order valence-corrected chi connectivity index (χ1v) is 10.4. The monoisotopic (exact) mass is 428 g/mol. The molecule has 0 atom stereocenters. The molecule has 0 saturated carbocycles. The molecule has 4 rings (SSSR count). The maximum atomic E-state index is 13.4. The van der Waals surface area contributed by atoms with Crippen molar-refractivity contribution in [3.05, 3.63) is 108 Å². The van der Waals surface area contributed by atoms with Crippen molar-refractivity contribution >= 4 is 5.71 Å². The molecule has 162 valence electrons. The number of ether oxygens (including phenoxy) is 1. The topological polar surface area (TPSA) is 35.8 Å². The summed E-state index contributed by atoms with van der Waals surface area (Å²) in [6.45, 7) is 4.17. The molecule has 0 aliphatic carbocycles. The van der Waals surface area contributed by atoms with Crippen molar-refractivity contribution in [2.24, 2.45) is 5.16 Å². The van der Waals surface area contributed by atoms with Gasteiger partial charge < -0.3 is 14.1 Å². The lowest BCUT2D eigenvalue weighted by Gasteiger charge is -2.15. The van der Waals surface area contributed by atoms with Crippen LogP contribution in [0, 0.1) is 12.7 Å². The Morgan fingerprint density at radius 3 is 2.44 bits per heavy atom. The molecule has 0 amide bonds. The zero-order valence-electron chi connectivity index (χ0n) is 18.4. The first-order chi connectivity index (χ1) is 15.6. The van der Waals surface area contributed by atoms with Crippen molar-refractivity contribution in [2.75, 3.05) is 7.11 Å². The second kappa shape index (κ2) is 9.52. The molecule has 3 aromatic carbocycles. The maximum Gasteiger partial charge on any atom is 0.142 e. The fraction of sp³-hybridized carbons (Fsp3) is 0.148. The highest BCUT2D eigenvalue weighted by molar-refractivity contribution is 6.01. The number of para-hydroxylation sites is 2. The van der Waals surface area contributed by atoms with Crippen LogP contribution in [0.1, 0.15) is 23.7 Å². The molecule has 4 nitrogen and oxygen atoms in total. The molecule has 0 N–H and O–H groups in total. The Bertz CT molecular complexity index is 1250. The summed E-state index contributed by atoms with van der Waals surface area (Å²) in [5.41, 5.74) is 6.52. The number of methoxy groups -OCH3 is 1. The van der Waals surface area contributed by atoms with E-state index >= 15 is 0 Å². The summed E-state index contributed by atoms with van der Waals surface area (Å²) in [6.07, 6.45) is 0. The molecule has 0 spiro atoms. The number of oxime groups is 1. The number of hydrogen-bond acceptors (Lipinski definition) is 3. The minimum absolute atomic E-state index is 0.201. The van der Waals surface area contributed by atoms with Gasteiger partial charge in [0.1, 0.15) is 18.2 Å². The Morgan fingerprint density at radius 1 is 0.938 bits per heavy atom. The fourth-order valence-corrected chi connectivity index (χ4v) is 3.80. The Hall–Kier alpha value is -3.86. The van der Waals surface area contributed by atoms with E-state index in [9.17, 15) is 4.39 Å². The van der Waals surface area contributed by atoms with Gasteiger partial charge in [-0.3, -0.25) is 0 Å². The highest BCUT2D eigenvalue weighted by Gasteiger charge is 2.19. The van der Waals surface area contributed by atoms with E-state index in [2.05, 4.69) is 34.8 Å². The standard InChI is InChI=1S/C27H25FN2O2/c1-19(29-32-18-21-10-9-13-23(28)16-21)24-17-26(22-11-5-4-6-12-22)30(20(24)2)25-14-7-8-15-27(25)31-3/h4-17H,18H2,1-3H3/b29-19-. The predicted octanol–water partition coefficient (Wildman–Crippen LogP) is 6.54. The normalized spacial score (nSPS) is 11.4. The second-order valence-corrected chi connectivity index (χ2v) is 7.48. The van der Waals surface area contributed by atoms with Crippen LogP contribution in [0.25, 0.3) is 16.9 Å². The number of hydrogen-bond donors (Lipinski definition) is 0.